The van der Waals surface area contributed by atoms with E-state index in [4.69, 9.17) is 14.2 Å². The van der Waals surface area contributed by atoms with Gasteiger partial charge in [0.1, 0.15) is 0 Å². The minimum Gasteiger partial charge on any atom is -0.493 e. The van der Waals surface area contributed by atoms with E-state index in [2.05, 4.69) is 10.4 Å². The van der Waals surface area contributed by atoms with Crippen LogP contribution in [0.5, 0.6) is 11.5 Å². The van der Waals surface area contributed by atoms with Gasteiger partial charge in [0.15, 0.2) is 11.5 Å². The van der Waals surface area contributed by atoms with E-state index in [1.807, 2.05) is 0 Å². The molecule has 0 saturated heterocycles. The topological polar surface area (TPSA) is 91.7 Å². The lowest BCUT2D eigenvalue weighted by Gasteiger charge is -2.09. The first kappa shape index (κ1) is 20.3. The standard InChI is InChI=1S/C21H23N3O5/c1-13-16-11-14(20(25)22-9-10-27-2)5-7-17(16)24(23-13)21(26)15-6-8-18(28-3)19(12-15)29-4/h5-8,11-12H,9-10H2,1-4H3,(H,22,25). The molecule has 0 radical (unpaired) electrons. The predicted octanol–water partition coefficient (Wildman–Crippen LogP) is 2.43. The molecule has 1 heterocycles. The summed E-state index contributed by atoms with van der Waals surface area (Å²) in [6, 6.07) is 10.1. The number of carbonyl (C=O) groups excluding carboxylic acids is 2. The number of amides is 1. The highest BCUT2D eigenvalue weighted by Crippen LogP contribution is 2.28. The fourth-order valence-corrected chi connectivity index (χ4v) is 3.02. The van der Waals surface area contributed by atoms with Crippen LogP contribution in [0.1, 0.15) is 26.4 Å². The summed E-state index contributed by atoms with van der Waals surface area (Å²) >= 11 is 0. The number of aryl methyl sites for hydroxylation is 1. The van der Waals surface area contributed by atoms with Crippen molar-refractivity contribution in [2.24, 2.45) is 0 Å². The Morgan fingerprint density at radius 3 is 2.41 bits per heavy atom. The summed E-state index contributed by atoms with van der Waals surface area (Å²) in [5.41, 5.74) is 2.18. The molecule has 0 aliphatic heterocycles. The van der Waals surface area contributed by atoms with E-state index in [1.165, 1.54) is 18.9 Å². The second kappa shape index (κ2) is 8.74. The number of hydrogen-bond donors (Lipinski definition) is 1. The SMILES string of the molecule is COCCNC(=O)c1ccc2c(c1)c(C)nn2C(=O)c1ccc(OC)c(OC)c1. The van der Waals surface area contributed by atoms with Crippen LogP contribution in [0.15, 0.2) is 36.4 Å². The molecule has 8 heteroatoms. The normalized spacial score (nSPS) is 10.8. The zero-order valence-electron chi connectivity index (χ0n) is 16.8. The Morgan fingerprint density at radius 2 is 1.72 bits per heavy atom. The molecule has 1 aromatic heterocycles. The van der Waals surface area contributed by atoms with Crippen molar-refractivity contribution >= 4 is 22.7 Å². The molecule has 152 valence electrons. The molecule has 3 rings (SSSR count). The zero-order chi connectivity index (χ0) is 21.0. The summed E-state index contributed by atoms with van der Waals surface area (Å²) in [6.45, 7) is 2.65. The first-order valence-corrected chi connectivity index (χ1v) is 9.03. The van der Waals surface area contributed by atoms with E-state index < -0.39 is 0 Å². The number of fused-ring (bicyclic) bond motifs is 1. The Balaban J connectivity index is 1.94. The minimum absolute atomic E-state index is 0.206. The third-order valence-electron chi connectivity index (χ3n) is 4.54. The Kier molecular flexibility index (Phi) is 6.13. The van der Waals surface area contributed by atoms with Crippen LogP contribution in [-0.2, 0) is 4.74 Å². The van der Waals surface area contributed by atoms with Gasteiger partial charge in [-0.1, -0.05) is 0 Å². The summed E-state index contributed by atoms with van der Waals surface area (Å²) < 4.78 is 16.8. The Bertz CT molecular complexity index is 1060. The van der Waals surface area contributed by atoms with Gasteiger partial charge < -0.3 is 19.5 Å². The number of aromatic nitrogens is 2. The highest BCUT2D eigenvalue weighted by molar-refractivity contribution is 6.04. The molecule has 0 fully saturated rings. The van der Waals surface area contributed by atoms with Gasteiger partial charge in [-0.25, -0.2) is 0 Å². The van der Waals surface area contributed by atoms with Gasteiger partial charge in [0, 0.05) is 30.2 Å². The summed E-state index contributed by atoms with van der Waals surface area (Å²) in [5, 5.41) is 7.90. The van der Waals surface area contributed by atoms with Crippen LogP contribution in [0.25, 0.3) is 10.9 Å². The van der Waals surface area contributed by atoms with Crippen LogP contribution >= 0.6 is 0 Å². The van der Waals surface area contributed by atoms with E-state index in [9.17, 15) is 9.59 Å². The van der Waals surface area contributed by atoms with Crippen LogP contribution in [0.2, 0.25) is 0 Å². The van der Waals surface area contributed by atoms with Crippen molar-refractivity contribution in [2.75, 3.05) is 34.5 Å². The van der Waals surface area contributed by atoms with Gasteiger partial charge in [0.25, 0.3) is 11.8 Å². The van der Waals surface area contributed by atoms with Crippen LogP contribution < -0.4 is 14.8 Å². The lowest BCUT2D eigenvalue weighted by atomic mass is 10.1. The maximum Gasteiger partial charge on any atom is 0.278 e. The second-order valence-electron chi connectivity index (χ2n) is 6.35. The van der Waals surface area contributed by atoms with Crippen LogP contribution in [0.3, 0.4) is 0 Å². The number of hydrogen-bond acceptors (Lipinski definition) is 6. The Morgan fingerprint density at radius 1 is 1.00 bits per heavy atom. The first-order valence-electron chi connectivity index (χ1n) is 9.03. The smallest absolute Gasteiger partial charge is 0.278 e. The quantitative estimate of drug-likeness (QED) is 0.616. The second-order valence-corrected chi connectivity index (χ2v) is 6.35. The number of ether oxygens (including phenoxy) is 3. The maximum absolute atomic E-state index is 13.0. The van der Waals surface area contributed by atoms with Crippen molar-refractivity contribution in [2.45, 2.75) is 6.92 Å². The fraction of sp³-hybridized carbons (Fsp3) is 0.286. The maximum atomic E-state index is 13.0. The molecule has 0 bridgehead atoms. The summed E-state index contributed by atoms with van der Waals surface area (Å²) in [7, 11) is 4.62. The molecule has 2 aromatic carbocycles. The molecular weight excluding hydrogens is 374 g/mol. The Labute approximate surface area is 168 Å². The van der Waals surface area contributed by atoms with Crippen molar-refractivity contribution in [3.63, 3.8) is 0 Å². The van der Waals surface area contributed by atoms with E-state index in [0.717, 1.165) is 5.39 Å². The van der Waals surface area contributed by atoms with Gasteiger partial charge in [-0.3, -0.25) is 9.59 Å². The Hall–Kier alpha value is -3.39. The lowest BCUT2D eigenvalue weighted by Crippen LogP contribution is -2.26. The average molecular weight is 397 g/mol. The third-order valence-corrected chi connectivity index (χ3v) is 4.54. The summed E-state index contributed by atoms with van der Waals surface area (Å²) in [5.74, 6) is 0.486. The largest absolute Gasteiger partial charge is 0.493 e. The monoisotopic (exact) mass is 397 g/mol. The van der Waals surface area contributed by atoms with Gasteiger partial charge in [0.05, 0.1) is 32.0 Å². The number of benzene rings is 2. The molecule has 8 nitrogen and oxygen atoms in total. The van der Waals surface area contributed by atoms with Gasteiger partial charge in [-0.05, 0) is 43.3 Å². The van der Waals surface area contributed by atoms with E-state index in [0.29, 0.717) is 47.0 Å². The van der Waals surface area contributed by atoms with Gasteiger partial charge in [-0.2, -0.15) is 9.78 Å². The van der Waals surface area contributed by atoms with E-state index in [1.54, 1.807) is 50.4 Å². The van der Waals surface area contributed by atoms with Crippen molar-refractivity contribution in [1.29, 1.82) is 0 Å². The number of rotatable bonds is 7. The molecule has 3 aromatic rings. The summed E-state index contributed by atoms with van der Waals surface area (Å²) in [6.07, 6.45) is 0. The summed E-state index contributed by atoms with van der Waals surface area (Å²) in [4.78, 5) is 25.3. The van der Waals surface area contributed by atoms with Crippen LogP contribution in [0.4, 0.5) is 0 Å². The molecule has 1 amide bonds. The van der Waals surface area contributed by atoms with Crippen molar-refractivity contribution in [3.8, 4) is 11.5 Å². The van der Waals surface area contributed by atoms with Crippen molar-refractivity contribution in [3.05, 3.63) is 53.2 Å². The number of methoxy groups -OCH3 is 3. The van der Waals surface area contributed by atoms with Crippen molar-refractivity contribution < 1.29 is 23.8 Å². The molecule has 0 aliphatic rings. The van der Waals surface area contributed by atoms with Crippen molar-refractivity contribution in [1.82, 2.24) is 15.1 Å². The molecule has 29 heavy (non-hydrogen) atoms. The molecule has 0 unspecified atom stereocenters. The number of nitrogens with zero attached hydrogens (tertiary/aromatic N) is 2. The molecular formula is C21H23N3O5. The molecule has 0 atom stereocenters. The van der Waals surface area contributed by atoms with Gasteiger partial charge in [0.2, 0.25) is 0 Å². The predicted molar refractivity (Wildman–Crippen MR) is 108 cm³/mol. The number of nitrogens with one attached hydrogen (secondary N) is 1. The van der Waals surface area contributed by atoms with Crippen LogP contribution in [-0.4, -0.2) is 56.1 Å². The highest BCUT2D eigenvalue weighted by Gasteiger charge is 2.18. The van der Waals surface area contributed by atoms with Crippen LogP contribution in [0, 0.1) is 6.92 Å². The van der Waals surface area contributed by atoms with E-state index >= 15 is 0 Å². The molecule has 0 saturated carbocycles. The zero-order valence-corrected chi connectivity index (χ0v) is 16.8. The minimum atomic E-state index is -0.304. The molecule has 0 spiro atoms. The fourth-order valence-electron chi connectivity index (χ4n) is 3.02. The van der Waals surface area contributed by atoms with Gasteiger partial charge >= 0.3 is 0 Å². The lowest BCUT2D eigenvalue weighted by molar-refractivity contribution is 0.0934. The molecule has 0 aliphatic carbocycles. The van der Waals surface area contributed by atoms with Gasteiger partial charge in [-0.15, -0.1) is 0 Å². The molecule has 1 N–H and O–H groups in total. The average Bonchev–Trinajstić information content (AvgIpc) is 3.08. The number of carbonyl (C=O) groups is 2. The highest BCUT2D eigenvalue weighted by atomic mass is 16.5. The first-order chi connectivity index (χ1) is 14.0. The van der Waals surface area contributed by atoms with E-state index in [-0.39, 0.29) is 11.8 Å². The third kappa shape index (κ3) is 4.07.